The Kier molecular flexibility index (Phi) is 4.60. The molecule has 2 heterocycles. The molecule has 1 fully saturated rings. The number of hydrogen-bond donors (Lipinski definition) is 2. The van der Waals surface area contributed by atoms with Crippen LogP contribution in [-0.4, -0.2) is 41.7 Å². The van der Waals surface area contributed by atoms with E-state index in [1.54, 1.807) is 18.5 Å². The minimum absolute atomic E-state index is 0.0775. The topological polar surface area (TPSA) is 76.1 Å². The molecule has 0 bridgehead atoms. The van der Waals surface area contributed by atoms with Gasteiger partial charge in [-0.15, -0.1) is 0 Å². The summed E-state index contributed by atoms with van der Waals surface area (Å²) in [6.07, 6.45) is 4.23. The summed E-state index contributed by atoms with van der Waals surface area (Å²) in [4.78, 5) is 20.0. The second kappa shape index (κ2) is 6.42. The van der Waals surface area contributed by atoms with Crippen LogP contribution >= 0.6 is 0 Å². The van der Waals surface area contributed by atoms with Crippen LogP contribution < -0.4 is 10.6 Å². The predicted octanol–water partition coefficient (Wildman–Crippen LogP) is 0.430. The Labute approximate surface area is 106 Å². The monoisotopic (exact) mass is 250 g/mol. The Bertz CT molecular complexity index is 385. The van der Waals surface area contributed by atoms with E-state index in [0.29, 0.717) is 19.2 Å². The summed E-state index contributed by atoms with van der Waals surface area (Å²) >= 11 is 0. The van der Waals surface area contributed by atoms with E-state index in [2.05, 4.69) is 27.5 Å². The number of ether oxygens (including phenoxy) is 1. The quantitative estimate of drug-likeness (QED) is 0.792. The highest BCUT2D eigenvalue weighted by atomic mass is 16.5. The zero-order valence-corrected chi connectivity index (χ0v) is 10.4. The molecule has 6 nitrogen and oxygen atoms in total. The number of hydrogen-bond acceptors (Lipinski definition) is 5. The van der Waals surface area contributed by atoms with Crippen LogP contribution in [-0.2, 0) is 9.53 Å². The van der Waals surface area contributed by atoms with Crippen LogP contribution in [0.3, 0.4) is 0 Å². The van der Waals surface area contributed by atoms with E-state index in [1.165, 1.54) is 0 Å². The van der Waals surface area contributed by atoms with Crippen molar-refractivity contribution in [3.63, 3.8) is 0 Å². The predicted molar refractivity (Wildman–Crippen MR) is 67.1 cm³/mol. The van der Waals surface area contributed by atoms with E-state index in [-0.39, 0.29) is 17.9 Å². The van der Waals surface area contributed by atoms with Gasteiger partial charge < -0.3 is 10.1 Å². The van der Waals surface area contributed by atoms with Gasteiger partial charge in [-0.2, -0.15) is 0 Å². The lowest BCUT2D eigenvalue weighted by molar-refractivity contribution is -0.120. The first-order valence-corrected chi connectivity index (χ1v) is 6.20. The lowest BCUT2D eigenvalue weighted by Gasteiger charge is -2.17. The van der Waals surface area contributed by atoms with Crippen molar-refractivity contribution in [2.45, 2.75) is 19.4 Å². The first-order chi connectivity index (χ1) is 8.81. The van der Waals surface area contributed by atoms with Gasteiger partial charge in [-0.05, 0) is 19.0 Å². The van der Waals surface area contributed by atoms with Gasteiger partial charge in [-0.3, -0.25) is 10.1 Å². The Balaban J connectivity index is 1.91. The number of nitrogens with one attached hydrogen (secondary N) is 2. The number of aromatic nitrogens is 2. The molecule has 1 aromatic heterocycles. The minimum atomic E-state index is -0.180. The molecule has 0 saturated carbocycles. The maximum absolute atomic E-state index is 12.1. The lowest BCUT2D eigenvalue weighted by atomic mass is 10.0. The lowest BCUT2D eigenvalue weighted by Crippen LogP contribution is -2.41. The average Bonchev–Trinajstić information content (AvgIpc) is 2.86. The highest BCUT2D eigenvalue weighted by molar-refractivity contribution is 5.91. The van der Waals surface area contributed by atoms with E-state index >= 15 is 0 Å². The summed E-state index contributed by atoms with van der Waals surface area (Å²) in [7, 11) is 0. The smallest absolute Gasteiger partial charge is 0.233 e. The minimum Gasteiger partial charge on any atom is -0.379 e. The van der Waals surface area contributed by atoms with Crippen LogP contribution in [0.15, 0.2) is 18.5 Å². The summed E-state index contributed by atoms with van der Waals surface area (Å²) in [6.45, 7) is 4.00. The summed E-state index contributed by atoms with van der Waals surface area (Å²) in [5.74, 6) is 0.0660. The Morgan fingerprint density at radius 2 is 2.22 bits per heavy atom. The Hall–Kier alpha value is -1.53. The van der Waals surface area contributed by atoms with E-state index in [4.69, 9.17) is 4.74 Å². The van der Waals surface area contributed by atoms with Crippen LogP contribution in [0.25, 0.3) is 0 Å². The molecule has 1 aromatic rings. The van der Waals surface area contributed by atoms with Crippen molar-refractivity contribution in [1.82, 2.24) is 15.3 Å². The second-order valence-corrected chi connectivity index (χ2v) is 4.27. The van der Waals surface area contributed by atoms with Gasteiger partial charge in [-0.1, -0.05) is 6.92 Å². The van der Waals surface area contributed by atoms with Gasteiger partial charge in [0.2, 0.25) is 11.9 Å². The van der Waals surface area contributed by atoms with Gasteiger partial charge >= 0.3 is 0 Å². The molecule has 98 valence electrons. The first kappa shape index (κ1) is 12.9. The highest BCUT2D eigenvalue weighted by Crippen LogP contribution is 2.15. The molecule has 0 aliphatic carbocycles. The maximum Gasteiger partial charge on any atom is 0.233 e. The third kappa shape index (κ3) is 3.24. The molecule has 1 saturated heterocycles. The summed E-state index contributed by atoms with van der Waals surface area (Å²) in [6, 6.07) is 1.79. The number of anilines is 1. The van der Waals surface area contributed by atoms with Gasteiger partial charge in [0.15, 0.2) is 0 Å². The number of rotatable bonds is 5. The van der Waals surface area contributed by atoms with Crippen molar-refractivity contribution >= 4 is 11.9 Å². The van der Waals surface area contributed by atoms with E-state index in [0.717, 1.165) is 13.0 Å². The normalized spacial score (nSPS) is 22.9. The first-order valence-electron chi connectivity index (χ1n) is 6.20. The molecule has 2 rings (SSSR count). The zero-order chi connectivity index (χ0) is 12.8. The molecule has 6 heteroatoms. The fourth-order valence-electron chi connectivity index (χ4n) is 1.91. The fraction of sp³-hybridized carbons (Fsp3) is 0.583. The van der Waals surface area contributed by atoms with Crippen LogP contribution in [0.4, 0.5) is 5.95 Å². The Morgan fingerprint density at radius 3 is 2.94 bits per heavy atom. The molecule has 0 spiro atoms. The molecule has 1 amide bonds. The molecular formula is C12H18N4O2. The SMILES string of the molecule is CCCNC1COCC1C(=O)Nc1ncccn1. The number of amides is 1. The zero-order valence-electron chi connectivity index (χ0n) is 10.4. The molecule has 1 aliphatic heterocycles. The van der Waals surface area contributed by atoms with Crippen LogP contribution in [0.2, 0.25) is 0 Å². The van der Waals surface area contributed by atoms with Gasteiger partial charge in [0.05, 0.1) is 19.1 Å². The molecule has 0 radical (unpaired) electrons. The van der Waals surface area contributed by atoms with Crippen molar-refractivity contribution in [3.05, 3.63) is 18.5 Å². The van der Waals surface area contributed by atoms with Crippen molar-refractivity contribution in [2.24, 2.45) is 5.92 Å². The summed E-state index contributed by atoms with van der Waals surface area (Å²) in [5.41, 5.74) is 0. The second-order valence-electron chi connectivity index (χ2n) is 4.27. The maximum atomic E-state index is 12.1. The van der Waals surface area contributed by atoms with Gasteiger partial charge in [-0.25, -0.2) is 9.97 Å². The fourth-order valence-corrected chi connectivity index (χ4v) is 1.91. The third-order valence-electron chi connectivity index (χ3n) is 2.87. The van der Waals surface area contributed by atoms with Crippen LogP contribution in [0.1, 0.15) is 13.3 Å². The Morgan fingerprint density at radius 1 is 1.44 bits per heavy atom. The standard InChI is InChI=1S/C12H18N4O2/c1-2-4-13-10-8-18-7-9(10)11(17)16-12-14-5-3-6-15-12/h3,5-6,9-10,13H,2,4,7-8H2,1H3,(H,14,15,16,17). The highest BCUT2D eigenvalue weighted by Gasteiger charge is 2.33. The molecule has 18 heavy (non-hydrogen) atoms. The number of carbonyl (C=O) groups excluding carboxylic acids is 1. The summed E-state index contributed by atoms with van der Waals surface area (Å²) in [5, 5.41) is 6.03. The number of nitrogens with zero attached hydrogens (tertiary/aromatic N) is 2. The molecule has 2 N–H and O–H groups in total. The van der Waals surface area contributed by atoms with Crippen molar-refractivity contribution in [1.29, 1.82) is 0 Å². The number of carbonyl (C=O) groups is 1. The molecule has 1 aliphatic rings. The van der Waals surface area contributed by atoms with E-state index in [1.807, 2.05) is 0 Å². The van der Waals surface area contributed by atoms with Crippen molar-refractivity contribution in [3.8, 4) is 0 Å². The molecule has 0 aromatic carbocycles. The van der Waals surface area contributed by atoms with Crippen LogP contribution in [0, 0.1) is 5.92 Å². The van der Waals surface area contributed by atoms with Gasteiger partial charge in [0.25, 0.3) is 0 Å². The third-order valence-corrected chi connectivity index (χ3v) is 2.87. The van der Waals surface area contributed by atoms with Crippen molar-refractivity contribution < 1.29 is 9.53 Å². The summed E-state index contributed by atoms with van der Waals surface area (Å²) < 4.78 is 5.36. The van der Waals surface area contributed by atoms with Gasteiger partial charge in [0, 0.05) is 18.4 Å². The molecular weight excluding hydrogens is 232 g/mol. The van der Waals surface area contributed by atoms with Crippen LogP contribution in [0.5, 0.6) is 0 Å². The van der Waals surface area contributed by atoms with E-state index in [9.17, 15) is 4.79 Å². The molecule has 2 atom stereocenters. The van der Waals surface area contributed by atoms with Crippen molar-refractivity contribution in [2.75, 3.05) is 25.1 Å². The van der Waals surface area contributed by atoms with Gasteiger partial charge in [0.1, 0.15) is 0 Å². The largest absolute Gasteiger partial charge is 0.379 e. The average molecular weight is 250 g/mol. The van der Waals surface area contributed by atoms with E-state index < -0.39 is 0 Å². The molecule has 2 unspecified atom stereocenters.